The average Bonchev–Trinajstić information content (AvgIpc) is 2.65. The van der Waals surface area contributed by atoms with Gasteiger partial charge in [0.05, 0.1) is 13.7 Å². The average molecular weight is 221 g/mol. The predicted molar refractivity (Wildman–Crippen MR) is 59.5 cm³/mol. The summed E-state index contributed by atoms with van der Waals surface area (Å²) in [4.78, 5) is 6.99. The Kier molecular flexibility index (Phi) is 2.82. The van der Waals surface area contributed by atoms with E-state index in [0.717, 1.165) is 12.1 Å². The van der Waals surface area contributed by atoms with Gasteiger partial charge in [-0.15, -0.1) is 0 Å². The monoisotopic (exact) mass is 221 g/mol. The molecule has 78 valence electrons. The van der Waals surface area contributed by atoms with E-state index >= 15 is 0 Å². The van der Waals surface area contributed by atoms with Crippen molar-refractivity contribution in [2.45, 2.75) is 6.54 Å². The van der Waals surface area contributed by atoms with Gasteiger partial charge in [0, 0.05) is 24.7 Å². The highest BCUT2D eigenvalue weighted by Gasteiger charge is 1.98. The number of rotatable bonds is 3. The lowest BCUT2D eigenvalue weighted by molar-refractivity contribution is 0.397. The number of pyridine rings is 1. The molecule has 2 rings (SSSR count). The summed E-state index contributed by atoms with van der Waals surface area (Å²) in [5.74, 6) is 0.620. The van der Waals surface area contributed by atoms with Crippen molar-refractivity contribution in [1.29, 1.82) is 0 Å². The zero-order chi connectivity index (χ0) is 10.7. The first-order valence-corrected chi connectivity index (χ1v) is 4.93. The second kappa shape index (κ2) is 4.27. The molecule has 0 aliphatic heterocycles. The van der Waals surface area contributed by atoms with Crippen molar-refractivity contribution >= 4 is 12.2 Å². The first-order chi connectivity index (χ1) is 7.29. The van der Waals surface area contributed by atoms with Crippen LogP contribution in [0, 0.1) is 4.77 Å². The van der Waals surface area contributed by atoms with E-state index in [0.29, 0.717) is 10.7 Å². The summed E-state index contributed by atoms with van der Waals surface area (Å²) in [6, 6.07) is 3.84. The molecular weight excluding hydrogens is 210 g/mol. The normalized spacial score (nSPS) is 10.2. The van der Waals surface area contributed by atoms with Crippen molar-refractivity contribution in [2.24, 2.45) is 0 Å². The minimum Gasteiger partial charge on any atom is -0.481 e. The summed E-state index contributed by atoms with van der Waals surface area (Å²) in [5, 5.41) is 0. The third-order valence-corrected chi connectivity index (χ3v) is 2.44. The molecule has 0 bridgehead atoms. The van der Waals surface area contributed by atoms with Crippen LogP contribution >= 0.6 is 12.2 Å². The Balaban J connectivity index is 2.24. The van der Waals surface area contributed by atoms with E-state index in [1.807, 2.05) is 29.1 Å². The number of methoxy groups -OCH3 is 1. The van der Waals surface area contributed by atoms with E-state index in [4.69, 9.17) is 17.0 Å². The number of hydrogen-bond acceptors (Lipinski definition) is 3. The van der Waals surface area contributed by atoms with E-state index in [1.54, 1.807) is 13.3 Å². The van der Waals surface area contributed by atoms with Crippen molar-refractivity contribution in [3.05, 3.63) is 41.1 Å². The lowest BCUT2D eigenvalue weighted by atomic mass is 10.2. The molecule has 0 fully saturated rings. The number of nitrogens with one attached hydrogen (secondary N) is 1. The van der Waals surface area contributed by atoms with Crippen molar-refractivity contribution < 1.29 is 4.74 Å². The van der Waals surface area contributed by atoms with E-state index < -0.39 is 0 Å². The summed E-state index contributed by atoms with van der Waals surface area (Å²) >= 11 is 5.11. The highest BCUT2D eigenvalue weighted by molar-refractivity contribution is 7.71. The molecule has 0 saturated carbocycles. The topological polar surface area (TPSA) is 42.8 Å². The number of aromatic amines is 1. The summed E-state index contributed by atoms with van der Waals surface area (Å²) in [6.45, 7) is 0.723. The first kappa shape index (κ1) is 9.92. The fourth-order valence-electron chi connectivity index (χ4n) is 1.33. The number of ether oxygens (including phenoxy) is 1. The van der Waals surface area contributed by atoms with Gasteiger partial charge in [-0.25, -0.2) is 4.98 Å². The number of H-pyrrole nitrogens is 1. The molecular formula is C10H11N3OS. The van der Waals surface area contributed by atoms with Gasteiger partial charge in [0.25, 0.3) is 0 Å². The van der Waals surface area contributed by atoms with E-state index in [1.165, 1.54) is 0 Å². The Morgan fingerprint density at radius 3 is 3.13 bits per heavy atom. The zero-order valence-electron chi connectivity index (χ0n) is 8.30. The third kappa shape index (κ3) is 2.24. The maximum atomic E-state index is 5.11. The van der Waals surface area contributed by atoms with Crippen molar-refractivity contribution in [3.8, 4) is 5.88 Å². The van der Waals surface area contributed by atoms with Gasteiger partial charge in [0.1, 0.15) is 0 Å². The van der Waals surface area contributed by atoms with Gasteiger partial charge >= 0.3 is 0 Å². The highest BCUT2D eigenvalue weighted by Crippen LogP contribution is 2.10. The van der Waals surface area contributed by atoms with Crippen LogP contribution in [0.3, 0.4) is 0 Å². The molecule has 2 aromatic heterocycles. The third-order valence-electron chi connectivity index (χ3n) is 2.08. The molecule has 0 aliphatic carbocycles. The van der Waals surface area contributed by atoms with Crippen LogP contribution < -0.4 is 4.74 Å². The molecule has 0 atom stereocenters. The summed E-state index contributed by atoms with van der Waals surface area (Å²) in [6.07, 6.45) is 5.46. The van der Waals surface area contributed by atoms with Crippen LogP contribution in [0.5, 0.6) is 5.88 Å². The second-order valence-electron chi connectivity index (χ2n) is 3.10. The SMILES string of the molecule is COc1cc(Cn2cc[nH]c2=S)ccn1. The Labute approximate surface area is 92.5 Å². The summed E-state index contributed by atoms with van der Waals surface area (Å²) in [7, 11) is 1.61. The van der Waals surface area contributed by atoms with Gasteiger partial charge in [-0.2, -0.15) is 0 Å². The molecule has 0 saturated heterocycles. The molecule has 15 heavy (non-hydrogen) atoms. The number of aromatic nitrogens is 3. The Hall–Kier alpha value is -1.62. The zero-order valence-corrected chi connectivity index (χ0v) is 9.12. The van der Waals surface area contributed by atoms with Crippen LogP contribution in [0.2, 0.25) is 0 Å². The quantitative estimate of drug-likeness (QED) is 0.806. The minimum atomic E-state index is 0.620. The van der Waals surface area contributed by atoms with Crippen molar-refractivity contribution in [1.82, 2.24) is 14.5 Å². The van der Waals surface area contributed by atoms with E-state index in [2.05, 4.69) is 9.97 Å². The minimum absolute atomic E-state index is 0.620. The second-order valence-corrected chi connectivity index (χ2v) is 3.49. The van der Waals surface area contributed by atoms with Crippen LogP contribution in [-0.2, 0) is 6.54 Å². The molecule has 0 aliphatic rings. The van der Waals surface area contributed by atoms with Gasteiger partial charge in [-0.3, -0.25) is 0 Å². The van der Waals surface area contributed by atoms with Crippen LogP contribution in [0.25, 0.3) is 0 Å². The van der Waals surface area contributed by atoms with Gasteiger partial charge < -0.3 is 14.3 Å². The van der Waals surface area contributed by atoms with Crippen molar-refractivity contribution in [2.75, 3.05) is 7.11 Å². The Bertz CT molecular complexity index is 503. The Morgan fingerprint density at radius 1 is 1.60 bits per heavy atom. The standard InChI is InChI=1S/C10H11N3OS/c1-14-9-6-8(2-3-11-9)7-13-5-4-12-10(13)15/h2-6H,7H2,1H3,(H,12,15). The molecule has 4 nitrogen and oxygen atoms in total. The van der Waals surface area contributed by atoms with Gasteiger partial charge in [-0.05, 0) is 23.8 Å². The fraction of sp³-hybridized carbons (Fsp3) is 0.200. The first-order valence-electron chi connectivity index (χ1n) is 4.52. The Morgan fingerprint density at radius 2 is 2.47 bits per heavy atom. The molecule has 5 heteroatoms. The fourth-order valence-corrected chi connectivity index (χ4v) is 1.52. The molecule has 0 amide bonds. The van der Waals surface area contributed by atoms with Gasteiger partial charge in [0.2, 0.25) is 5.88 Å². The van der Waals surface area contributed by atoms with Crippen LogP contribution in [0.1, 0.15) is 5.56 Å². The molecule has 0 aromatic carbocycles. The maximum Gasteiger partial charge on any atom is 0.213 e. The molecule has 0 unspecified atom stereocenters. The van der Waals surface area contributed by atoms with Gasteiger partial charge in [0.15, 0.2) is 4.77 Å². The maximum absolute atomic E-state index is 5.11. The summed E-state index contributed by atoms with van der Waals surface area (Å²) in [5.41, 5.74) is 1.11. The largest absolute Gasteiger partial charge is 0.481 e. The lowest BCUT2D eigenvalue weighted by Gasteiger charge is -2.04. The molecule has 1 N–H and O–H groups in total. The van der Waals surface area contributed by atoms with E-state index in [9.17, 15) is 0 Å². The number of nitrogens with zero attached hydrogens (tertiary/aromatic N) is 2. The highest BCUT2D eigenvalue weighted by atomic mass is 32.1. The van der Waals surface area contributed by atoms with Gasteiger partial charge in [-0.1, -0.05) is 0 Å². The molecule has 0 radical (unpaired) electrons. The smallest absolute Gasteiger partial charge is 0.213 e. The summed E-state index contributed by atoms with van der Waals surface area (Å²) < 4.78 is 7.71. The lowest BCUT2D eigenvalue weighted by Crippen LogP contribution is -1.99. The van der Waals surface area contributed by atoms with Crippen LogP contribution in [0.4, 0.5) is 0 Å². The van der Waals surface area contributed by atoms with Crippen molar-refractivity contribution in [3.63, 3.8) is 0 Å². The van der Waals surface area contributed by atoms with Crippen LogP contribution in [-0.4, -0.2) is 21.6 Å². The predicted octanol–water partition coefficient (Wildman–Crippen LogP) is 2.00. The van der Waals surface area contributed by atoms with Crippen LogP contribution in [0.15, 0.2) is 30.7 Å². The molecule has 0 spiro atoms. The van der Waals surface area contributed by atoms with E-state index in [-0.39, 0.29) is 0 Å². The molecule has 2 aromatic rings. The number of imidazole rings is 1. The molecule has 2 heterocycles. The number of hydrogen-bond donors (Lipinski definition) is 1.